The van der Waals surface area contributed by atoms with Crippen molar-refractivity contribution < 1.29 is 5.11 Å². The van der Waals surface area contributed by atoms with Crippen LogP contribution >= 0.6 is 0 Å². The van der Waals surface area contributed by atoms with Crippen molar-refractivity contribution in [1.82, 2.24) is 5.32 Å². The maximum atomic E-state index is 10.3. The molecule has 16 heavy (non-hydrogen) atoms. The smallest absolute Gasteiger partial charge is 0.0957 e. The van der Waals surface area contributed by atoms with Gasteiger partial charge in [0.1, 0.15) is 0 Å². The van der Waals surface area contributed by atoms with Crippen LogP contribution in [0.5, 0.6) is 0 Å². The molecule has 2 atom stereocenters. The monoisotopic (exact) mass is 222 g/mol. The van der Waals surface area contributed by atoms with Gasteiger partial charge in [-0.1, -0.05) is 31.6 Å². The molecule has 0 radical (unpaired) electrons. The first-order valence-corrected chi connectivity index (χ1v) is 5.96. The molecule has 0 bridgehead atoms. The molecule has 0 aliphatic carbocycles. The Hall–Kier alpha value is -0.930. The molecular formula is C13H22N2O. The van der Waals surface area contributed by atoms with Gasteiger partial charge in [-0.2, -0.15) is 0 Å². The molecule has 2 N–H and O–H groups in total. The molecule has 1 aliphatic heterocycles. The van der Waals surface area contributed by atoms with Crippen molar-refractivity contribution in [2.45, 2.75) is 37.8 Å². The van der Waals surface area contributed by atoms with Gasteiger partial charge in [0.05, 0.1) is 6.10 Å². The first-order valence-electron chi connectivity index (χ1n) is 5.96. The Morgan fingerprint density at radius 1 is 1.50 bits per heavy atom. The second kappa shape index (κ2) is 7.36. The number of allylic oxidation sites excluding steroid dienone is 2. The molecule has 0 amide bonds. The van der Waals surface area contributed by atoms with Gasteiger partial charge in [0, 0.05) is 19.3 Å². The number of aliphatic hydroxyl groups excluding tert-OH is 1. The highest BCUT2D eigenvalue weighted by Gasteiger charge is 2.22. The van der Waals surface area contributed by atoms with E-state index < -0.39 is 6.10 Å². The third kappa shape index (κ3) is 3.91. The van der Waals surface area contributed by atoms with Crippen LogP contribution in [0.15, 0.2) is 29.3 Å². The van der Waals surface area contributed by atoms with Crippen molar-refractivity contribution >= 4 is 6.21 Å². The van der Waals surface area contributed by atoms with E-state index in [4.69, 9.17) is 0 Å². The van der Waals surface area contributed by atoms with E-state index in [9.17, 15) is 5.11 Å². The van der Waals surface area contributed by atoms with Crippen LogP contribution in [0.3, 0.4) is 0 Å². The molecule has 3 nitrogen and oxygen atoms in total. The SMILES string of the molecule is C=C/C=C(\C=NC)[C@H](O)[C@H]1CCCCCN1. The highest BCUT2D eigenvalue weighted by molar-refractivity contribution is 5.80. The van der Waals surface area contributed by atoms with E-state index in [0.29, 0.717) is 0 Å². The second-order valence-corrected chi connectivity index (χ2v) is 4.14. The van der Waals surface area contributed by atoms with Crippen molar-refractivity contribution in [3.63, 3.8) is 0 Å². The Morgan fingerprint density at radius 2 is 2.31 bits per heavy atom. The minimum Gasteiger partial charge on any atom is -0.387 e. The number of aliphatic imine (C=N–C) groups is 1. The zero-order valence-corrected chi connectivity index (χ0v) is 10.0. The first kappa shape index (κ1) is 13.1. The lowest BCUT2D eigenvalue weighted by Gasteiger charge is -2.23. The molecule has 0 spiro atoms. The van der Waals surface area contributed by atoms with Gasteiger partial charge in [-0.05, 0) is 25.0 Å². The van der Waals surface area contributed by atoms with Gasteiger partial charge in [0.15, 0.2) is 0 Å². The number of hydrogen-bond donors (Lipinski definition) is 2. The molecule has 3 heteroatoms. The molecule has 90 valence electrons. The van der Waals surface area contributed by atoms with Gasteiger partial charge in [-0.15, -0.1) is 0 Å². The number of hydrogen-bond acceptors (Lipinski definition) is 3. The molecule has 1 heterocycles. The molecule has 0 aromatic heterocycles. The minimum atomic E-state index is -0.486. The standard InChI is InChI=1S/C13H22N2O/c1-3-7-11(10-14-2)13(16)12-8-5-4-6-9-15-12/h3,7,10,12-13,15-16H,1,4-6,8-9H2,2H3/b11-7+,14-10?/t12-,13+/m1/s1. The van der Waals surface area contributed by atoms with Gasteiger partial charge < -0.3 is 10.4 Å². The third-order valence-electron chi connectivity index (χ3n) is 2.91. The van der Waals surface area contributed by atoms with E-state index in [0.717, 1.165) is 18.5 Å². The first-order chi connectivity index (χ1) is 7.79. The molecule has 0 unspecified atom stereocenters. The number of aliphatic hydroxyl groups is 1. The molecule has 1 rings (SSSR count). The Kier molecular flexibility index (Phi) is 6.04. The van der Waals surface area contributed by atoms with Crippen molar-refractivity contribution in [2.24, 2.45) is 4.99 Å². The van der Waals surface area contributed by atoms with Gasteiger partial charge >= 0.3 is 0 Å². The van der Waals surface area contributed by atoms with E-state index in [2.05, 4.69) is 16.9 Å². The lowest BCUT2D eigenvalue weighted by molar-refractivity contribution is 0.164. The van der Waals surface area contributed by atoms with Crippen LogP contribution in [0.25, 0.3) is 0 Å². The lowest BCUT2D eigenvalue weighted by Crippen LogP contribution is -2.40. The van der Waals surface area contributed by atoms with E-state index in [-0.39, 0.29) is 6.04 Å². The highest BCUT2D eigenvalue weighted by atomic mass is 16.3. The Bertz CT molecular complexity index is 263. The van der Waals surface area contributed by atoms with Crippen LogP contribution in [-0.2, 0) is 0 Å². The van der Waals surface area contributed by atoms with Gasteiger partial charge in [0.2, 0.25) is 0 Å². The predicted molar refractivity (Wildman–Crippen MR) is 69.0 cm³/mol. The summed E-state index contributed by atoms with van der Waals surface area (Å²) in [7, 11) is 1.71. The topological polar surface area (TPSA) is 44.6 Å². The van der Waals surface area contributed by atoms with Crippen molar-refractivity contribution in [2.75, 3.05) is 13.6 Å². The Morgan fingerprint density at radius 3 is 3.00 bits per heavy atom. The lowest BCUT2D eigenvalue weighted by atomic mass is 9.99. The molecular weight excluding hydrogens is 200 g/mol. The third-order valence-corrected chi connectivity index (χ3v) is 2.91. The molecule has 1 fully saturated rings. The Balaban J connectivity index is 2.68. The van der Waals surface area contributed by atoms with Crippen LogP contribution in [0.1, 0.15) is 25.7 Å². The van der Waals surface area contributed by atoms with E-state index in [1.54, 1.807) is 19.3 Å². The highest BCUT2D eigenvalue weighted by Crippen LogP contribution is 2.15. The van der Waals surface area contributed by atoms with Crippen LogP contribution in [-0.4, -0.2) is 37.1 Å². The summed E-state index contributed by atoms with van der Waals surface area (Å²) in [5, 5.41) is 13.6. The molecule has 1 saturated heterocycles. The van der Waals surface area contributed by atoms with Crippen LogP contribution in [0, 0.1) is 0 Å². The average molecular weight is 222 g/mol. The molecule has 0 aromatic rings. The zero-order valence-electron chi connectivity index (χ0n) is 10.0. The largest absolute Gasteiger partial charge is 0.387 e. The second-order valence-electron chi connectivity index (χ2n) is 4.14. The van der Waals surface area contributed by atoms with E-state index in [1.807, 2.05) is 6.08 Å². The summed E-state index contributed by atoms with van der Waals surface area (Å²) < 4.78 is 0. The molecule has 0 saturated carbocycles. The van der Waals surface area contributed by atoms with E-state index >= 15 is 0 Å². The van der Waals surface area contributed by atoms with Crippen LogP contribution in [0.2, 0.25) is 0 Å². The summed E-state index contributed by atoms with van der Waals surface area (Å²) in [4.78, 5) is 3.97. The maximum Gasteiger partial charge on any atom is 0.0957 e. The number of rotatable bonds is 4. The van der Waals surface area contributed by atoms with Crippen LogP contribution in [0.4, 0.5) is 0 Å². The minimum absolute atomic E-state index is 0.145. The van der Waals surface area contributed by atoms with Gasteiger partial charge in [0.25, 0.3) is 0 Å². The molecule has 0 aromatic carbocycles. The fourth-order valence-corrected chi connectivity index (χ4v) is 2.06. The maximum absolute atomic E-state index is 10.3. The van der Waals surface area contributed by atoms with E-state index in [1.165, 1.54) is 19.3 Å². The fourth-order valence-electron chi connectivity index (χ4n) is 2.06. The summed E-state index contributed by atoms with van der Waals surface area (Å²) in [6.07, 6.45) is 9.39. The summed E-state index contributed by atoms with van der Waals surface area (Å²) in [6, 6.07) is 0.145. The van der Waals surface area contributed by atoms with Crippen molar-refractivity contribution in [1.29, 1.82) is 0 Å². The van der Waals surface area contributed by atoms with Crippen molar-refractivity contribution in [3.05, 3.63) is 24.3 Å². The van der Waals surface area contributed by atoms with Crippen molar-refractivity contribution in [3.8, 4) is 0 Å². The quantitative estimate of drug-likeness (QED) is 0.561. The summed E-state index contributed by atoms with van der Waals surface area (Å²) in [6.45, 7) is 4.65. The summed E-state index contributed by atoms with van der Waals surface area (Å²) in [5.41, 5.74) is 0.830. The summed E-state index contributed by atoms with van der Waals surface area (Å²) >= 11 is 0. The van der Waals surface area contributed by atoms with Crippen LogP contribution < -0.4 is 5.32 Å². The van der Waals surface area contributed by atoms with Gasteiger partial charge in [-0.25, -0.2) is 0 Å². The normalized spacial score (nSPS) is 25.4. The summed E-state index contributed by atoms with van der Waals surface area (Å²) in [5.74, 6) is 0. The molecule has 1 aliphatic rings. The predicted octanol–water partition coefficient (Wildman–Crippen LogP) is 1.69. The Labute approximate surface area is 98.0 Å². The average Bonchev–Trinajstić information content (AvgIpc) is 2.56. The number of nitrogens with zero attached hydrogens (tertiary/aromatic N) is 1. The van der Waals surface area contributed by atoms with Gasteiger partial charge in [-0.3, -0.25) is 4.99 Å². The fraction of sp³-hybridized carbons (Fsp3) is 0.615. The number of nitrogens with one attached hydrogen (secondary N) is 1. The zero-order chi connectivity index (χ0) is 11.8.